The van der Waals surface area contributed by atoms with Gasteiger partial charge in [-0.25, -0.2) is 4.39 Å². The molecule has 1 aromatic carbocycles. The van der Waals surface area contributed by atoms with E-state index >= 15 is 0 Å². The third-order valence-electron chi connectivity index (χ3n) is 3.96. The van der Waals surface area contributed by atoms with E-state index < -0.39 is 0 Å². The van der Waals surface area contributed by atoms with Gasteiger partial charge in [0.25, 0.3) is 0 Å². The molecular formula is C13H17ClFN. The summed E-state index contributed by atoms with van der Waals surface area (Å²) in [5, 5.41) is 3.53. The molecule has 0 bridgehead atoms. The molecule has 1 fully saturated rings. The first-order valence-electron chi connectivity index (χ1n) is 5.59. The summed E-state index contributed by atoms with van der Waals surface area (Å²) in [5.41, 5.74) is 1.35. The number of hydrogen-bond donors (Lipinski definition) is 1. The summed E-state index contributed by atoms with van der Waals surface area (Å²) in [5.74, 6) is 0.121. The molecule has 1 nitrogen and oxygen atoms in total. The lowest BCUT2D eigenvalue weighted by molar-refractivity contribution is 0.0751. The van der Waals surface area contributed by atoms with E-state index in [2.05, 4.69) is 19.2 Å². The fourth-order valence-corrected chi connectivity index (χ4v) is 2.90. The Balaban J connectivity index is 2.24. The average Bonchev–Trinajstić information content (AvgIpc) is 2.22. The van der Waals surface area contributed by atoms with Gasteiger partial charge in [0.15, 0.2) is 0 Å². The van der Waals surface area contributed by atoms with Crippen molar-refractivity contribution < 1.29 is 4.39 Å². The van der Waals surface area contributed by atoms with E-state index in [1.54, 1.807) is 6.07 Å². The van der Waals surface area contributed by atoms with Gasteiger partial charge >= 0.3 is 0 Å². The summed E-state index contributed by atoms with van der Waals surface area (Å²) in [4.78, 5) is 0. The van der Waals surface area contributed by atoms with Gasteiger partial charge in [-0.15, -0.1) is 0 Å². The van der Waals surface area contributed by atoms with Gasteiger partial charge in [0.1, 0.15) is 5.82 Å². The zero-order chi connectivity index (χ0) is 11.9. The number of benzene rings is 1. The number of hydrogen-bond acceptors (Lipinski definition) is 1. The molecule has 1 aliphatic carbocycles. The Morgan fingerprint density at radius 1 is 1.44 bits per heavy atom. The SMILES string of the molecule is CNC1CC(c2ccc(F)c(Cl)c2)C1(C)C. The molecule has 16 heavy (non-hydrogen) atoms. The van der Waals surface area contributed by atoms with Gasteiger partial charge in [-0.1, -0.05) is 31.5 Å². The molecule has 0 amide bonds. The van der Waals surface area contributed by atoms with E-state index in [1.165, 1.54) is 6.07 Å². The van der Waals surface area contributed by atoms with Gasteiger partial charge < -0.3 is 5.32 Å². The highest BCUT2D eigenvalue weighted by molar-refractivity contribution is 6.30. The smallest absolute Gasteiger partial charge is 0.141 e. The molecule has 0 aromatic heterocycles. The molecule has 3 heteroatoms. The molecule has 2 rings (SSSR count). The first kappa shape index (κ1) is 11.9. The van der Waals surface area contributed by atoms with E-state index in [1.807, 2.05) is 13.1 Å². The fourth-order valence-electron chi connectivity index (χ4n) is 2.71. The van der Waals surface area contributed by atoms with E-state index in [9.17, 15) is 4.39 Å². The van der Waals surface area contributed by atoms with Crippen molar-refractivity contribution in [2.45, 2.75) is 32.2 Å². The molecule has 2 atom stereocenters. The van der Waals surface area contributed by atoms with Gasteiger partial charge in [0, 0.05) is 6.04 Å². The predicted octanol–water partition coefficient (Wildman–Crippen LogP) is 3.58. The second kappa shape index (κ2) is 4.01. The van der Waals surface area contributed by atoms with Gasteiger partial charge in [-0.05, 0) is 42.5 Å². The molecular weight excluding hydrogens is 225 g/mol. The van der Waals surface area contributed by atoms with E-state index in [-0.39, 0.29) is 16.3 Å². The van der Waals surface area contributed by atoms with Crippen LogP contribution in [0.15, 0.2) is 18.2 Å². The van der Waals surface area contributed by atoms with Crippen LogP contribution in [0.25, 0.3) is 0 Å². The van der Waals surface area contributed by atoms with Crippen LogP contribution < -0.4 is 5.32 Å². The first-order valence-corrected chi connectivity index (χ1v) is 5.97. The Kier molecular flexibility index (Phi) is 2.97. The summed E-state index contributed by atoms with van der Waals surface area (Å²) in [6, 6.07) is 5.59. The largest absolute Gasteiger partial charge is 0.316 e. The van der Waals surface area contributed by atoms with Crippen LogP contribution in [0.3, 0.4) is 0 Å². The van der Waals surface area contributed by atoms with Crippen molar-refractivity contribution in [2.24, 2.45) is 5.41 Å². The van der Waals surface area contributed by atoms with Crippen LogP contribution in [0.1, 0.15) is 31.7 Å². The lowest BCUT2D eigenvalue weighted by atomic mass is 9.56. The quantitative estimate of drug-likeness (QED) is 0.835. The summed E-state index contributed by atoms with van der Waals surface area (Å²) in [6.45, 7) is 4.47. The maximum absolute atomic E-state index is 13.1. The molecule has 88 valence electrons. The minimum atomic E-state index is -0.340. The second-order valence-electron chi connectivity index (χ2n) is 5.12. The van der Waals surface area contributed by atoms with Crippen molar-refractivity contribution in [1.82, 2.24) is 5.32 Å². The fraction of sp³-hybridized carbons (Fsp3) is 0.538. The highest BCUT2D eigenvalue weighted by Gasteiger charge is 2.47. The van der Waals surface area contributed by atoms with Crippen molar-refractivity contribution in [3.05, 3.63) is 34.6 Å². The Labute approximate surface area is 101 Å². The molecule has 1 aromatic rings. The summed E-state index contributed by atoms with van der Waals surface area (Å²) in [6.07, 6.45) is 1.09. The minimum absolute atomic E-state index is 0.204. The van der Waals surface area contributed by atoms with Crippen molar-refractivity contribution in [2.75, 3.05) is 7.05 Å². The first-order chi connectivity index (χ1) is 7.46. The van der Waals surface area contributed by atoms with Crippen molar-refractivity contribution >= 4 is 11.6 Å². The van der Waals surface area contributed by atoms with E-state index in [0.29, 0.717) is 12.0 Å². The van der Waals surface area contributed by atoms with Gasteiger partial charge in [-0.3, -0.25) is 0 Å². The number of nitrogens with one attached hydrogen (secondary N) is 1. The van der Waals surface area contributed by atoms with Crippen LogP contribution in [-0.2, 0) is 0 Å². The van der Waals surface area contributed by atoms with Crippen LogP contribution in [0.5, 0.6) is 0 Å². The average molecular weight is 242 g/mol. The Bertz CT molecular complexity index is 403. The van der Waals surface area contributed by atoms with Gasteiger partial charge in [0.05, 0.1) is 5.02 Å². The van der Waals surface area contributed by atoms with Crippen molar-refractivity contribution in [3.8, 4) is 0 Å². The minimum Gasteiger partial charge on any atom is -0.316 e. The molecule has 0 heterocycles. The second-order valence-corrected chi connectivity index (χ2v) is 5.53. The topological polar surface area (TPSA) is 12.0 Å². The molecule has 0 spiro atoms. The third kappa shape index (κ3) is 1.74. The maximum Gasteiger partial charge on any atom is 0.141 e. The standard InChI is InChI=1S/C13H17ClFN/c1-13(2)9(7-12(13)16-3)8-4-5-11(15)10(14)6-8/h4-6,9,12,16H,7H2,1-3H3. The molecule has 2 unspecified atom stereocenters. The summed E-state index contributed by atoms with van der Waals surface area (Å²) in [7, 11) is 1.99. The zero-order valence-corrected chi connectivity index (χ0v) is 10.6. The highest BCUT2D eigenvalue weighted by Crippen LogP contribution is 2.52. The predicted molar refractivity (Wildman–Crippen MR) is 65.4 cm³/mol. The lowest BCUT2D eigenvalue weighted by Crippen LogP contribution is -2.54. The monoisotopic (exact) mass is 241 g/mol. The molecule has 1 saturated carbocycles. The van der Waals surface area contributed by atoms with Crippen LogP contribution in [-0.4, -0.2) is 13.1 Å². The molecule has 0 aliphatic heterocycles. The zero-order valence-electron chi connectivity index (χ0n) is 9.85. The third-order valence-corrected chi connectivity index (χ3v) is 4.25. The van der Waals surface area contributed by atoms with E-state index in [0.717, 1.165) is 12.0 Å². The van der Waals surface area contributed by atoms with Gasteiger partial charge in [0.2, 0.25) is 0 Å². The molecule has 0 saturated heterocycles. The maximum atomic E-state index is 13.1. The number of rotatable bonds is 2. The Morgan fingerprint density at radius 2 is 2.12 bits per heavy atom. The molecule has 1 N–H and O–H groups in total. The molecule has 1 aliphatic rings. The molecule has 0 radical (unpaired) electrons. The Morgan fingerprint density at radius 3 is 2.62 bits per heavy atom. The van der Waals surface area contributed by atoms with Gasteiger partial charge in [-0.2, -0.15) is 0 Å². The summed E-state index contributed by atoms with van der Waals surface area (Å²) >= 11 is 5.81. The van der Waals surface area contributed by atoms with Crippen LogP contribution in [0.2, 0.25) is 5.02 Å². The Hall–Kier alpha value is -0.600. The van der Waals surface area contributed by atoms with Crippen molar-refractivity contribution in [1.29, 1.82) is 0 Å². The highest BCUT2D eigenvalue weighted by atomic mass is 35.5. The summed E-state index contributed by atoms with van der Waals surface area (Å²) < 4.78 is 13.1. The lowest BCUT2D eigenvalue weighted by Gasteiger charge is -2.52. The normalized spacial score (nSPS) is 27.6. The number of halogens is 2. The van der Waals surface area contributed by atoms with Crippen LogP contribution in [0, 0.1) is 11.2 Å². The van der Waals surface area contributed by atoms with Crippen LogP contribution >= 0.6 is 11.6 Å². The van der Waals surface area contributed by atoms with E-state index in [4.69, 9.17) is 11.6 Å². The van der Waals surface area contributed by atoms with Crippen LogP contribution in [0.4, 0.5) is 4.39 Å². The van der Waals surface area contributed by atoms with Crippen molar-refractivity contribution in [3.63, 3.8) is 0 Å².